The summed E-state index contributed by atoms with van der Waals surface area (Å²) in [6.07, 6.45) is 5.87. The van der Waals surface area contributed by atoms with Crippen LogP contribution in [0, 0.1) is 5.92 Å². The Morgan fingerprint density at radius 1 is 1.47 bits per heavy atom. The summed E-state index contributed by atoms with van der Waals surface area (Å²) in [6, 6.07) is 0. The molecule has 0 spiro atoms. The molecule has 0 fully saturated rings. The maximum atomic E-state index is 5.76. The maximum absolute atomic E-state index is 5.76. The summed E-state index contributed by atoms with van der Waals surface area (Å²) < 4.78 is 1.89. The van der Waals surface area contributed by atoms with Gasteiger partial charge in [-0.25, -0.2) is 0 Å². The van der Waals surface area contributed by atoms with E-state index < -0.39 is 0 Å². The van der Waals surface area contributed by atoms with Gasteiger partial charge in [0.05, 0.1) is 11.2 Å². The van der Waals surface area contributed by atoms with Gasteiger partial charge in [-0.3, -0.25) is 4.68 Å². The van der Waals surface area contributed by atoms with Crippen molar-refractivity contribution < 1.29 is 0 Å². The summed E-state index contributed by atoms with van der Waals surface area (Å²) in [5.74, 6) is 0.731. The molecule has 0 aliphatic heterocycles. The van der Waals surface area contributed by atoms with E-state index in [1.54, 1.807) is 6.20 Å². The number of aryl methyl sites for hydroxylation is 1. The molecule has 3 nitrogen and oxygen atoms in total. The molecule has 0 unspecified atom stereocenters. The quantitative estimate of drug-likeness (QED) is 0.729. The molecule has 0 saturated heterocycles. The van der Waals surface area contributed by atoms with Gasteiger partial charge in [-0.15, -0.1) is 0 Å². The third-order valence-corrected chi connectivity index (χ3v) is 2.34. The normalized spacial score (nSPS) is 11.2. The molecule has 1 rings (SSSR count). The molecular weight excluding hydrogens is 210 g/mol. The highest BCUT2D eigenvalue weighted by Gasteiger charge is 1.96. The molecule has 1 aromatic heterocycles. The van der Waals surface area contributed by atoms with Crippen LogP contribution in [0.2, 0.25) is 5.02 Å². The minimum absolute atomic E-state index is 0.716. The zero-order chi connectivity index (χ0) is 11.1. The number of hydrogen-bond acceptors (Lipinski definition) is 2. The van der Waals surface area contributed by atoms with Crippen LogP contribution in [0.1, 0.15) is 26.7 Å². The largest absolute Gasteiger partial charge is 0.316 e. The van der Waals surface area contributed by atoms with Crippen molar-refractivity contribution in [2.45, 2.75) is 33.2 Å². The van der Waals surface area contributed by atoms with Gasteiger partial charge < -0.3 is 5.32 Å². The molecule has 1 N–H and O–H groups in total. The summed E-state index contributed by atoms with van der Waals surface area (Å²) in [7, 11) is 0. The lowest BCUT2D eigenvalue weighted by Crippen LogP contribution is -2.20. The van der Waals surface area contributed by atoms with E-state index in [-0.39, 0.29) is 0 Å². The van der Waals surface area contributed by atoms with Gasteiger partial charge in [-0.05, 0) is 31.8 Å². The molecule has 0 atom stereocenters. The first kappa shape index (κ1) is 12.5. The monoisotopic (exact) mass is 229 g/mol. The smallest absolute Gasteiger partial charge is 0.0785 e. The Labute approximate surface area is 96.8 Å². The van der Waals surface area contributed by atoms with Crippen LogP contribution in [0.3, 0.4) is 0 Å². The van der Waals surface area contributed by atoms with Crippen LogP contribution in [-0.2, 0) is 6.54 Å². The van der Waals surface area contributed by atoms with Crippen LogP contribution in [0.15, 0.2) is 12.4 Å². The third-order valence-electron chi connectivity index (χ3n) is 2.15. The summed E-state index contributed by atoms with van der Waals surface area (Å²) in [4.78, 5) is 0. The van der Waals surface area contributed by atoms with Crippen molar-refractivity contribution in [3.05, 3.63) is 17.4 Å². The van der Waals surface area contributed by atoms with Gasteiger partial charge in [-0.1, -0.05) is 25.4 Å². The lowest BCUT2D eigenvalue weighted by molar-refractivity contribution is 0.506. The Morgan fingerprint density at radius 3 is 2.87 bits per heavy atom. The number of rotatable bonds is 7. The molecule has 0 aliphatic carbocycles. The minimum Gasteiger partial charge on any atom is -0.316 e. The molecule has 4 heteroatoms. The minimum atomic E-state index is 0.716. The number of halogens is 1. The molecule has 0 aliphatic rings. The van der Waals surface area contributed by atoms with Crippen LogP contribution in [0.4, 0.5) is 0 Å². The van der Waals surface area contributed by atoms with Gasteiger partial charge in [0.25, 0.3) is 0 Å². The van der Waals surface area contributed by atoms with Crippen LogP contribution >= 0.6 is 11.6 Å². The molecule has 0 radical (unpaired) electrons. The number of nitrogens with zero attached hydrogens (tertiary/aromatic N) is 2. The second kappa shape index (κ2) is 6.85. The predicted molar refractivity (Wildman–Crippen MR) is 64.2 cm³/mol. The van der Waals surface area contributed by atoms with Crippen molar-refractivity contribution >= 4 is 11.6 Å². The van der Waals surface area contributed by atoms with E-state index in [0.717, 1.165) is 32.0 Å². The Hall–Kier alpha value is -0.540. The molecule has 15 heavy (non-hydrogen) atoms. The SMILES string of the molecule is CC(C)CNCCCCn1cc(Cl)cn1. The van der Waals surface area contributed by atoms with E-state index in [2.05, 4.69) is 24.3 Å². The first-order chi connectivity index (χ1) is 7.18. The third kappa shape index (κ3) is 5.80. The first-order valence-electron chi connectivity index (χ1n) is 5.57. The zero-order valence-electron chi connectivity index (χ0n) is 9.54. The molecule has 86 valence electrons. The van der Waals surface area contributed by atoms with Gasteiger partial charge in [0.15, 0.2) is 0 Å². The number of aromatic nitrogens is 2. The zero-order valence-corrected chi connectivity index (χ0v) is 10.3. The first-order valence-corrected chi connectivity index (χ1v) is 5.95. The van der Waals surface area contributed by atoms with Crippen LogP contribution in [-0.4, -0.2) is 22.9 Å². The van der Waals surface area contributed by atoms with Gasteiger partial charge in [-0.2, -0.15) is 5.10 Å². The lowest BCUT2D eigenvalue weighted by atomic mass is 10.2. The van der Waals surface area contributed by atoms with Crippen molar-refractivity contribution in [2.75, 3.05) is 13.1 Å². The lowest BCUT2D eigenvalue weighted by Gasteiger charge is -2.06. The Morgan fingerprint density at radius 2 is 2.27 bits per heavy atom. The van der Waals surface area contributed by atoms with Gasteiger partial charge in [0.2, 0.25) is 0 Å². The summed E-state index contributed by atoms with van der Waals surface area (Å²) in [5, 5.41) is 8.26. The molecule has 0 bridgehead atoms. The van der Waals surface area contributed by atoms with E-state index in [9.17, 15) is 0 Å². The van der Waals surface area contributed by atoms with E-state index in [0.29, 0.717) is 5.02 Å². The second-order valence-corrected chi connectivity index (χ2v) is 4.66. The fraction of sp³-hybridized carbons (Fsp3) is 0.727. The topological polar surface area (TPSA) is 29.9 Å². The Balaban J connectivity index is 1.98. The second-order valence-electron chi connectivity index (χ2n) is 4.23. The summed E-state index contributed by atoms with van der Waals surface area (Å²) >= 11 is 5.76. The Kier molecular flexibility index (Phi) is 5.73. The van der Waals surface area contributed by atoms with Crippen molar-refractivity contribution in [3.8, 4) is 0 Å². The van der Waals surface area contributed by atoms with E-state index in [1.807, 2.05) is 10.9 Å². The van der Waals surface area contributed by atoms with E-state index in [4.69, 9.17) is 11.6 Å². The fourth-order valence-electron chi connectivity index (χ4n) is 1.38. The van der Waals surface area contributed by atoms with Crippen molar-refractivity contribution in [1.82, 2.24) is 15.1 Å². The van der Waals surface area contributed by atoms with Crippen molar-refractivity contribution in [1.29, 1.82) is 0 Å². The molecule has 1 aromatic rings. The van der Waals surface area contributed by atoms with Crippen LogP contribution < -0.4 is 5.32 Å². The number of hydrogen-bond donors (Lipinski definition) is 1. The standard InChI is InChI=1S/C11H20ClN3/c1-10(2)7-13-5-3-4-6-15-9-11(12)8-14-15/h8-10,13H,3-7H2,1-2H3. The molecule has 0 amide bonds. The molecular formula is C11H20ClN3. The Bertz CT molecular complexity index is 271. The highest BCUT2D eigenvalue weighted by atomic mass is 35.5. The molecule has 1 heterocycles. The average Bonchev–Trinajstić information content (AvgIpc) is 2.57. The number of nitrogens with one attached hydrogen (secondary N) is 1. The van der Waals surface area contributed by atoms with Gasteiger partial charge in [0, 0.05) is 12.7 Å². The maximum Gasteiger partial charge on any atom is 0.0785 e. The molecule has 0 aromatic carbocycles. The summed E-state index contributed by atoms with van der Waals surface area (Å²) in [5.41, 5.74) is 0. The van der Waals surface area contributed by atoms with Crippen LogP contribution in [0.25, 0.3) is 0 Å². The van der Waals surface area contributed by atoms with E-state index in [1.165, 1.54) is 6.42 Å². The highest BCUT2D eigenvalue weighted by molar-refractivity contribution is 6.30. The fourth-order valence-corrected chi connectivity index (χ4v) is 1.53. The number of unbranched alkanes of at least 4 members (excludes halogenated alkanes) is 1. The summed E-state index contributed by atoms with van der Waals surface area (Å²) in [6.45, 7) is 7.59. The van der Waals surface area contributed by atoms with Gasteiger partial charge in [0.1, 0.15) is 0 Å². The van der Waals surface area contributed by atoms with Crippen molar-refractivity contribution in [3.63, 3.8) is 0 Å². The predicted octanol–water partition coefficient (Wildman–Crippen LogP) is 2.56. The molecule has 0 saturated carbocycles. The highest BCUT2D eigenvalue weighted by Crippen LogP contribution is 2.05. The van der Waals surface area contributed by atoms with Crippen molar-refractivity contribution in [2.24, 2.45) is 5.92 Å². The van der Waals surface area contributed by atoms with E-state index >= 15 is 0 Å². The van der Waals surface area contributed by atoms with Gasteiger partial charge >= 0.3 is 0 Å². The average molecular weight is 230 g/mol. The van der Waals surface area contributed by atoms with Crippen LogP contribution in [0.5, 0.6) is 0 Å².